The predicted octanol–water partition coefficient (Wildman–Crippen LogP) is 5.18. The van der Waals surface area contributed by atoms with E-state index in [2.05, 4.69) is 16.0 Å². The van der Waals surface area contributed by atoms with E-state index >= 15 is 0 Å². The van der Waals surface area contributed by atoms with Crippen LogP contribution in [0.15, 0.2) is 72.8 Å². The number of carbonyl (C=O) groups excluding carboxylic acids is 2. The first-order chi connectivity index (χ1) is 18.0. The second-order valence-electron chi connectivity index (χ2n) is 9.13. The smallest absolute Gasteiger partial charge is 0.264 e. The standard InChI is InChI=1S/C29H28N4O3S/c1-18-10-11-22(27(35)31-23-12-13-23)15-24(18)32-29-33-25(21-9-5-8-20(14-21)17-34)26(37-29)28(36)30-16-19-6-3-2-4-7-19/h2-11,14-15,23,34H,12-13,16-17H2,1H3,(H,30,36)(H,31,35)(H,32,33). The van der Waals surface area contributed by atoms with Crippen LogP contribution in [0.25, 0.3) is 11.3 Å². The Morgan fingerprint density at radius 1 is 0.973 bits per heavy atom. The molecule has 8 heteroatoms. The van der Waals surface area contributed by atoms with Gasteiger partial charge in [-0.2, -0.15) is 0 Å². The van der Waals surface area contributed by atoms with Gasteiger partial charge in [-0.15, -0.1) is 0 Å². The van der Waals surface area contributed by atoms with Gasteiger partial charge in [0, 0.05) is 29.4 Å². The Balaban J connectivity index is 1.44. The zero-order valence-corrected chi connectivity index (χ0v) is 21.3. The second-order valence-corrected chi connectivity index (χ2v) is 10.1. The van der Waals surface area contributed by atoms with Crippen molar-refractivity contribution in [3.05, 3.63) is 99.9 Å². The van der Waals surface area contributed by atoms with E-state index < -0.39 is 0 Å². The summed E-state index contributed by atoms with van der Waals surface area (Å²) in [5.74, 6) is -0.319. The van der Waals surface area contributed by atoms with Gasteiger partial charge in [0.1, 0.15) is 4.88 Å². The van der Waals surface area contributed by atoms with Gasteiger partial charge in [-0.05, 0) is 54.7 Å². The highest BCUT2D eigenvalue weighted by Crippen LogP contribution is 2.34. The number of aryl methyl sites for hydroxylation is 1. The van der Waals surface area contributed by atoms with Crippen molar-refractivity contribution in [2.24, 2.45) is 0 Å². The predicted molar refractivity (Wildman–Crippen MR) is 146 cm³/mol. The SMILES string of the molecule is Cc1ccc(C(=O)NC2CC2)cc1Nc1nc(-c2cccc(CO)c2)c(C(=O)NCc2ccccc2)s1. The van der Waals surface area contributed by atoms with Crippen molar-refractivity contribution in [3.63, 3.8) is 0 Å². The van der Waals surface area contributed by atoms with Gasteiger partial charge < -0.3 is 21.1 Å². The van der Waals surface area contributed by atoms with Gasteiger partial charge in [0.2, 0.25) is 0 Å². The fourth-order valence-corrected chi connectivity index (χ4v) is 4.82. The summed E-state index contributed by atoms with van der Waals surface area (Å²) in [5, 5.41) is 19.5. The van der Waals surface area contributed by atoms with Crippen LogP contribution in [0, 0.1) is 6.92 Å². The van der Waals surface area contributed by atoms with E-state index in [-0.39, 0.29) is 24.5 Å². The lowest BCUT2D eigenvalue weighted by Gasteiger charge is -2.10. The van der Waals surface area contributed by atoms with Crippen molar-refractivity contribution in [1.82, 2.24) is 15.6 Å². The van der Waals surface area contributed by atoms with Gasteiger partial charge in [-0.3, -0.25) is 9.59 Å². The van der Waals surface area contributed by atoms with E-state index in [9.17, 15) is 14.7 Å². The lowest BCUT2D eigenvalue weighted by molar-refractivity contribution is 0.0944. The normalized spacial score (nSPS) is 12.7. The van der Waals surface area contributed by atoms with E-state index in [1.54, 1.807) is 0 Å². The molecule has 0 atom stereocenters. The molecule has 0 unspecified atom stereocenters. The molecule has 0 bridgehead atoms. The molecule has 1 aliphatic carbocycles. The van der Waals surface area contributed by atoms with E-state index in [4.69, 9.17) is 4.98 Å². The van der Waals surface area contributed by atoms with Crippen LogP contribution in [0.1, 0.15) is 49.6 Å². The average molecular weight is 513 g/mol. The molecule has 1 aliphatic rings. The number of amides is 2. The maximum atomic E-state index is 13.3. The number of thiazole rings is 1. The second kappa shape index (κ2) is 10.9. The number of aliphatic hydroxyl groups excluding tert-OH is 1. The Morgan fingerprint density at radius 3 is 2.51 bits per heavy atom. The first-order valence-corrected chi connectivity index (χ1v) is 13.0. The van der Waals surface area contributed by atoms with E-state index in [1.807, 2.05) is 79.7 Å². The molecule has 4 N–H and O–H groups in total. The molecular formula is C29H28N4O3S. The first-order valence-electron chi connectivity index (χ1n) is 12.2. The molecule has 1 fully saturated rings. The summed E-state index contributed by atoms with van der Waals surface area (Å²) in [6, 6.07) is 22.9. The molecule has 5 rings (SSSR count). The van der Waals surface area contributed by atoms with Crippen molar-refractivity contribution < 1.29 is 14.7 Å². The lowest BCUT2D eigenvalue weighted by Crippen LogP contribution is -2.25. The lowest BCUT2D eigenvalue weighted by atomic mass is 10.1. The minimum absolute atomic E-state index is 0.0906. The van der Waals surface area contributed by atoms with Crippen molar-refractivity contribution in [2.75, 3.05) is 5.32 Å². The Kier molecular flexibility index (Phi) is 7.30. The maximum Gasteiger partial charge on any atom is 0.264 e. The molecule has 0 radical (unpaired) electrons. The van der Waals surface area contributed by atoms with Crippen molar-refractivity contribution in [2.45, 2.75) is 39.0 Å². The minimum Gasteiger partial charge on any atom is -0.392 e. The quantitative estimate of drug-likeness (QED) is 0.248. The van der Waals surface area contributed by atoms with Crippen molar-refractivity contribution >= 4 is 34.0 Å². The fourth-order valence-electron chi connectivity index (χ4n) is 3.91. The van der Waals surface area contributed by atoms with Crippen LogP contribution in [-0.2, 0) is 13.2 Å². The summed E-state index contributed by atoms with van der Waals surface area (Å²) in [7, 11) is 0. The first kappa shape index (κ1) is 24.7. The molecule has 1 saturated carbocycles. The number of rotatable bonds is 9. The zero-order chi connectivity index (χ0) is 25.8. The van der Waals surface area contributed by atoms with Gasteiger partial charge >= 0.3 is 0 Å². The summed E-state index contributed by atoms with van der Waals surface area (Å²) in [6.07, 6.45) is 2.05. The molecule has 2 amide bonds. The van der Waals surface area contributed by atoms with Crippen LogP contribution in [0.3, 0.4) is 0 Å². The molecule has 3 aromatic carbocycles. The molecular weight excluding hydrogens is 484 g/mol. The van der Waals surface area contributed by atoms with Gasteiger partial charge in [0.15, 0.2) is 5.13 Å². The molecule has 1 aromatic heterocycles. The van der Waals surface area contributed by atoms with E-state index in [0.29, 0.717) is 27.8 Å². The van der Waals surface area contributed by atoms with Crippen LogP contribution in [0.5, 0.6) is 0 Å². The summed E-state index contributed by atoms with van der Waals surface area (Å²) in [6.45, 7) is 2.25. The topological polar surface area (TPSA) is 103 Å². The fraction of sp³-hybridized carbons (Fsp3) is 0.207. The Bertz CT molecular complexity index is 1430. The highest BCUT2D eigenvalue weighted by atomic mass is 32.1. The van der Waals surface area contributed by atoms with Gasteiger partial charge in [0.05, 0.1) is 12.3 Å². The molecule has 1 heterocycles. The van der Waals surface area contributed by atoms with Crippen LogP contribution in [0.4, 0.5) is 10.8 Å². The molecule has 0 saturated heterocycles. The maximum absolute atomic E-state index is 13.3. The number of nitrogens with zero attached hydrogens (tertiary/aromatic N) is 1. The molecule has 0 spiro atoms. The van der Waals surface area contributed by atoms with Gasteiger partial charge in [0.25, 0.3) is 11.8 Å². The van der Waals surface area contributed by atoms with E-state index in [0.717, 1.165) is 40.8 Å². The van der Waals surface area contributed by atoms with Crippen LogP contribution >= 0.6 is 11.3 Å². The number of aromatic nitrogens is 1. The number of benzene rings is 3. The molecule has 37 heavy (non-hydrogen) atoms. The zero-order valence-electron chi connectivity index (χ0n) is 20.5. The number of nitrogens with one attached hydrogen (secondary N) is 3. The minimum atomic E-state index is -0.229. The third-order valence-electron chi connectivity index (χ3n) is 6.17. The highest BCUT2D eigenvalue weighted by Gasteiger charge is 2.24. The summed E-state index contributed by atoms with van der Waals surface area (Å²) in [4.78, 5) is 31.1. The average Bonchev–Trinajstić information content (AvgIpc) is 3.64. The molecule has 7 nitrogen and oxygen atoms in total. The Morgan fingerprint density at radius 2 is 1.76 bits per heavy atom. The number of hydrogen-bond acceptors (Lipinski definition) is 6. The molecule has 0 aliphatic heterocycles. The van der Waals surface area contributed by atoms with Crippen molar-refractivity contribution in [3.8, 4) is 11.3 Å². The third kappa shape index (κ3) is 6.04. The highest BCUT2D eigenvalue weighted by molar-refractivity contribution is 7.18. The van der Waals surface area contributed by atoms with Crippen molar-refractivity contribution in [1.29, 1.82) is 0 Å². The Labute approximate surface area is 219 Å². The number of hydrogen-bond donors (Lipinski definition) is 4. The van der Waals surface area contributed by atoms with Gasteiger partial charge in [-0.25, -0.2) is 4.98 Å². The van der Waals surface area contributed by atoms with E-state index in [1.165, 1.54) is 11.3 Å². The Hall–Kier alpha value is -4.01. The number of anilines is 2. The van der Waals surface area contributed by atoms with Crippen LogP contribution in [-0.4, -0.2) is 27.9 Å². The summed E-state index contributed by atoms with van der Waals surface area (Å²) < 4.78 is 0. The van der Waals surface area contributed by atoms with Crippen LogP contribution in [0.2, 0.25) is 0 Å². The summed E-state index contributed by atoms with van der Waals surface area (Å²) >= 11 is 1.25. The largest absolute Gasteiger partial charge is 0.392 e. The third-order valence-corrected chi connectivity index (χ3v) is 7.14. The van der Waals surface area contributed by atoms with Crippen LogP contribution < -0.4 is 16.0 Å². The van der Waals surface area contributed by atoms with Gasteiger partial charge in [-0.1, -0.05) is 65.9 Å². The number of carbonyl (C=O) groups is 2. The monoisotopic (exact) mass is 512 g/mol. The number of aliphatic hydroxyl groups is 1. The summed E-state index contributed by atoms with van der Waals surface area (Å²) in [5.41, 5.74) is 5.30. The molecule has 188 valence electrons. The molecule has 4 aromatic rings.